The van der Waals surface area contributed by atoms with E-state index >= 15 is 0 Å². The van der Waals surface area contributed by atoms with Crippen LogP contribution in [-0.2, 0) is 21.9 Å². The molecule has 2 aromatic carbocycles. The first-order valence-electron chi connectivity index (χ1n) is 8.43. The van der Waals surface area contributed by atoms with Crippen LogP contribution in [0.2, 0.25) is 10.0 Å². The molecule has 0 fully saturated rings. The summed E-state index contributed by atoms with van der Waals surface area (Å²) in [6.45, 7) is 0. The molecule has 0 saturated heterocycles. The van der Waals surface area contributed by atoms with Gasteiger partial charge in [0.15, 0.2) is 0 Å². The van der Waals surface area contributed by atoms with Gasteiger partial charge in [-0.3, -0.25) is 9.59 Å². The lowest BCUT2D eigenvalue weighted by Crippen LogP contribution is -2.19. The van der Waals surface area contributed by atoms with Gasteiger partial charge in [0, 0.05) is 18.0 Å². The van der Waals surface area contributed by atoms with Crippen molar-refractivity contribution < 1.29 is 41.0 Å². The van der Waals surface area contributed by atoms with Crippen molar-refractivity contribution in [2.75, 3.05) is 5.32 Å². The summed E-state index contributed by atoms with van der Waals surface area (Å²) in [6.07, 6.45) is -11.2. The standard InChI is InChI=1S/C19H13Cl2F6NO3/c20-14-2-1-9(3-15(14)21)10(5-17(30)31)4-16(29)28-13-7-11(18(22,23)24)6-12(8-13)19(25,26)27/h1-3,6-8,10H,4-5H2,(H,28,29)(H,30,31). The van der Waals surface area contributed by atoms with Gasteiger partial charge in [-0.25, -0.2) is 0 Å². The Morgan fingerprint density at radius 3 is 1.87 bits per heavy atom. The zero-order valence-corrected chi connectivity index (χ0v) is 16.8. The molecule has 0 aromatic heterocycles. The summed E-state index contributed by atoms with van der Waals surface area (Å²) in [7, 11) is 0. The van der Waals surface area contributed by atoms with E-state index in [2.05, 4.69) is 0 Å². The molecule has 4 nitrogen and oxygen atoms in total. The minimum Gasteiger partial charge on any atom is -0.481 e. The summed E-state index contributed by atoms with van der Waals surface area (Å²) >= 11 is 11.7. The second-order valence-corrected chi connectivity index (χ2v) is 7.33. The van der Waals surface area contributed by atoms with Crippen molar-refractivity contribution in [1.29, 1.82) is 0 Å². The van der Waals surface area contributed by atoms with E-state index in [1.807, 2.05) is 5.32 Å². The minimum absolute atomic E-state index is 0.0708. The fraction of sp³-hybridized carbons (Fsp3) is 0.263. The van der Waals surface area contributed by atoms with Gasteiger partial charge in [0.2, 0.25) is 5.91 Å². The largest absolute Gasteiger partial charge is 0.481 e. The van der Waals surface area contributed by atoms with Gasteiger partial charge in [0.25, 0.3) is 0 Å². The SMILES string of the molecule is O=C(O)CC(CC(=O)Nc1cc(C(F)(F)F)cc(C(F)(F)F)c1)c1ccc(Cl)c(Cl)c1. The summed E-state index contributed by atoms with van der Waals surface area (Å²) in [4.78, 5) is 23.5. The molecule has 0 radical (unpaired) electrons. The molecule has 0 aliphatic heterocycles. The van der Waals surface area contributed by atoms with Gasteiger partial charge >= 0.3 is 18.3 Å². The number of rotatable bonds is 6. The van der Waals surface area contributed by atoms with Crippen molar-refractivity contribution in [3.63, 3.8) is 0 Å². The highest BCUT2D eigenvalue weighted by atomic mass is 35.5. The summed E-state index contributed by atoms with van der Waals surface area (Å²) in [6, 6.07) is 4.77. The average Bonchev–Trinajstić information content (AvgIpc) is 2.61. The van der Waals surface area contributed by atoms with Crippen LogP contribution in [0.25, 0.3) is 0 Å². The summed E-state index contributed by atoms with van der Waals surface area (Å²) in [5.74, 6) is -3.22. The van der Waals surface area contributed by atoms with Gasteiger partial charge in [-0.1, -0.05) is 29.3 Å². The highest BCUT2D eigenvalue weighted by Gasteiger charge is 2.37. The van der Waals surface area contributed by atoms with Crippen molar-refractivity contribution in [2.24, 2.45) is 0 Å². The maximum atomic E-state index is 13.0. The first-order valence-corrected chi connectivity index (χ1v) is 9.18. The molecule has 0 spiro atoms. The van der Waals surface area contributed by atoms with Crippen LogP contribution in [0, 0.1) is 0 Å². The van der Waals surface area contributed by atoms with Gasteiger partial charge in [-0.15, -0.1) is 0 Å². The van der Waals surface area contributed by atoms with E-state index in [9.17, 15) is 35.9 Å². The number of aliphatic carboxylic acids is 1. The lowest BCUT2D eigenvalue weighted by Gasteiger charge is -2.17. The molecule has 0 aliphatic rings. The van der Waals surface area contributed by atoms with E-state index < -0.39 is 59.8 Å². The Morgan fingerprint density at radius 2 is 1.42 bits per heavy atom. The third-order valence-electron chi connectivity index (χ3n) is 4.14. The van der Waals surface area contributed by atoms with Gasteiger partial charge in [0.1, 0.15) is 0 Å². The molecule has 1 unspecified atom stereocenters. The Morgan fingerprint density at radius 1 is 0.871 bits per heavy atom. The Labute approximate surface area is 181 Å². The molecule has 2 aromatic rings. The van der Waals surface area contributed by atoms with Crippen LogP contribution in [0.1, 0.15) is 35.4 Å². The number of anilines is 1. The Kier molecular flexibility index (Phi) is 7.48. The van der Waals surface area contributed by atoms with E-state index in [0.717, 1.165) is 0 Å². The molecular formula is C19H13Cl2F6NO3. The number of carbonyl (C=O) groups is 2. The number of carboxylic acid groups (broad SMARTS) is 1. The summed E-state index contributed by atoms with van der Waals surface area (Å²) in [5.41, 5.74) is -3.60. The van der Waals surface area contributed by atoms with Crippen LogP contribution >= 0.6 is 23.2 Å². The van der Waals surface area contributed by atoms with E-state index in [-0.39, 0.29) is 16.1 Å². The Balaban J connectivity index is 2.31. The van der Waals surface area contributed by atoms with E-state index in [4.69, 9.17) is 28.3 Å². The lowest BCUT2D eigenvalue weighted by atomic mass is 9.92. The number of hydrogen-bond acceptors (Lipinski definition) is 2. The van der Waals surface area contributed by atoms with Crippen LogP contribution < -0.4 is 5.32 Å². The van der Waals surface area contributed by atoms with Crippen LogP contribution in [0.5, 0.6) is 0 Å². The number of alkyl halides is 6. The zero-order chi connectivity index (χ0) is 23.6. The maximum absolute atomic E-state index is 13.0. The average molecular weight is 488 g/mol. The molecule has 0 saturated carbocycles. The van der Waals surface area contributed by atoms with Crippen molar-refractivity contribution in [2.45, 2.75) is 31.1 Å². The molecule has 1 amide bonds. The number of benzene rings is 2. The molecular weight excluding hydrogens is 475 g/mol. The molecule has 0 aliphatic carbocycles. The maximum Gasteiger partial charge on any atom is 0.416 e. The van der Waals surface area contributed by atoms with Crippen LogP contribution in [0.15, 0.2) is 36.4 Å². The van der Waals surface area contributed by atoms with Gasteiger partial charge < -0.3 is 10.4 Å². The first-order chi connectivity index (χ1) is 14.2. The number of carbonyl (C=O) groups excluding carboxylic acids is 1. The molecule has 2 rings (SSSR count). The van der Waals surface area contributed by atoms with Crippen molar-refractivity contribution >= 4 is 40.8 Å². The van der Waals surface area contributed by atoms with E-state index in [1.54, 1.807) is 0 Å². The summed E-state index contributed by atoms with van der Waals surface area (Å²) in [5, 5.41) is 11.3. The van der Waals surface area contributed by atoms with Crippen LogP contribution in [0.3, 0.4) is 0 Å². The fourth-order valence-electron chi connectivity index (χ4n) is 2.75. The molecule has 0 bridgehead atoms. The monoisotopic (exact) mass is 487 g/mol. The van der Waals surface area contributed by atoms with E-state index in [1.165, 1.54) is 18.2 Å². The van der Waals surface area contributed by atoms with Crippen molar-refractivity contribution in [1.82, 2.24) is 0 Å². The highest BCUT2D eigenvalue weighted by Crippen LogP contribution is 2.38. The second-order valence-electron chi connectivity index (χ2n) is 6.52. The molecule has 12 heteroatoms. The molecule has 31 heavy (non-hydrogen) atoms. The van der Waals surface area contributed by atoms with Crippen molar-refractivity contribution in [3.05, 3.63) is 63.1 Å². The van der Waals surface area contributed by atoms with Crippen LogP contribution in [0.4, 0.5) is 32.0 Å². The predicted molar refractivity (Wildman–Crippen MR) is 101 cm³/mol. The molecule has 2 N–H and O–H groups in total. The third kappa shape index (κ3) is 7.03. The molecule has 1 atom stereocenters. The van der Waals surface area contributed by atoms with E-state index in [0.29, 0.717) is 17.7 Å². The number of halogens is 8. The Hall–Kier alpha value is -2.46. The Bertz CT molecular complexity index is 959. The third-order valence-corrected chi connectivity index (χ3v) is 4.88. The van der Waals surface area contributed by atoms with Crippen molar-refractivity contribution in [3.8, 4) is 0 Å². The number of hydrogen-bond donors (Lipinski definition) is 2. The number of nitrogens with one attached hydrogen (secondary N) is 1. The zero-order valence-electron chi connectivity index (χ0n) is 15.2. The molecule has 168 valence electrons. The number of carboxylic acids is 1. The fourth-order valence-corrected chi connectivity index (χ4v) is 3.05. The van der Waals surface area contributed by atoms with Gasteiger partial charge in [0.05, 0.1) is 27.6 Å². The van der Waals surface area contributed by atoms with Gasteiger partial charge in [-0.05, 0) is 35.9 Å². The normalized spacial score (nSPS) is 13.0. The smallest absolute Gasteiger partial charge is 0.416 e. The predicted octanol–water partition coefficient (Wildman–Crippen LogP) is 6.62. The highest BCUT2D eigenvalue weighted by molar-refractivity contribution is 6.42. The second kappa shape index (κ2) is 9.35. The quantitative estimate of drug-likeness (QED) is 0.450. The van der Waals surface area contributed by atoms with Crippen LogP contribution in [-0.4, -0.2) is 17.0 Å². The minimum atomic E-state index is -5.08. The molecule has 0 heterocycles. The van der Waals surface area contributed by atoms with Gasteiger partial charge in [-0.2, -0.15) is 26.3 Å². The summed E-state index contributed by atoms with van der Waals surface area (Å²) < 4.78 is 77.7. The first kappa shape index (κ1) is 24.8. The lowest BCUT2D eigenvalue weighted by molar-refractivity contribution is -0.143. The topological polar surface area (TPSA) is 66.4 Å². The number of amides is 1.